The van der Waals surface area contributed by atoms with E-state index in [-0.39, 0.29) is 22.6 Å². The van der Waals surface area contributed by atoms with Crippen LogP contribution in [0, 0.1) is 11.6 Å². The number of carbonyl (C=O) groups excluding carboxylic acids is 1. The van der Waals surface area contributed by atoms with Crippen molar-refractivity contribution in [3.63, 3.8) is 0 Å². The van der Waals surface area contributed by atoms with E-state index in [9.17, 15) is 13.6 Å². The highest BCUT2D eigenvalue weighted by molar-refractivity contribution is 6.11. The fourth-order valence-corrected chi connectivity index (χ4v) is 1.88. The van der Waals surface area contributed by atoms with Gasteiger partial charge in [-0.05, 0) is 24.3 Å². The average Bonchev–Trinajstić information content (AvgIpc) is 2.49. The second-order valence-electron chi connectivity index (χ2n) is 4.25. The molecule has 0 saturated carbocycles. The Balaban J connectivity index is 2.56. The van der Waals surface area contributed by atoms with E-state index in [4.69, 9.17) is 15.2 Å². The van der Waals surface area contributed by atoms with Crippen LogP contribution in [0.5, 0.6) is 11.5 Å². The summed E-state index contributed by atoms with van der Waals surface area (Å²) >= 11 is 0. The van der Waals surface area contributed by atoms with Gasteiger partial charge in [0.25, 0.3) is 0 Å². The first-order chi connectivity index (χ1) is 9.97. The van der Waals surface area contributed by atoms with Crippen LogP contribution < -0.4 is 15.2 Å². The topological polar surface area (TPSA) is 61.5 Å². The van der Waals surface area contributed by atoms with Gasteiger partial charge >= 0.3 is 0 Å². The summed E-state index contributed by atoms with van der Waals surface area (Å²) < 4.78 is 37.1. The molecule has 2 N–H and O–H groups in total. The number of hydrogen-bond donors (Lipinski definition) is 1. The molecule has 0 heterocycles. The monoisotopic (exact) mass is 293 g/mol. The minimum absolute atomic E-state index is 0.0989. The first-order valence-electron chi connectivity index (χ1n) is 5.99. The lowest BCUT2D eigenvalue weighted by molar-refractivity contribution is 0.103. The maximum Gasteiger partial charge on any atom is 0.199 e. The normalized spacial score (nSPS) is 10.3. The summed E-state index contributed by atoms with van der Waals surface area (Å²) in [5.74, 6) is -1.91. The molecule has 0 aliphatic heterocycles. The quantitative estimate of drug-likeness (QED) is 0.695. The molecule has 4 nitrogen and oxygen atoms in total. The molecule has 110 valence electrons. The van der Waals surface area contributed by atoms with Crippen molar-refractivity contribution in [3.8, 4) is 11.5 Å². The van der Waals surface area contributed by atoms with Crippen LogP contribution in [-0.4, -0.2) is 20.0 Å². The van der Waals surface area contributed by atoms with Crippen molar-refractivity contribution in [2.24, 2.45) is 0 Å². The molecule has 0 bridgehead atoms. The van der Waals surface area contributed by atoms with Gasteiger partial charge in [-0.25, -0.2) is 8.78 Å². The van der Waals surface area contributed by atoms with Crippen LogP contribution in [0.3, 0.4) is 0 Å². The third kappa shape index (κ3) is 2.79. The molecule has 0 saturated heterocycles. The fraction of sp³-hybridized carbons (Fsp3) is 0.133. The standard InChI is InChI=1S/C15H13F2NO3/c1-20-8-3-4-14(21-2)10(5-8)15(19)9-6-13(18)12(17)7-11(9)16/h3-7H,18H2,1-2H3. The molecule has 0 aliphatic rings. The van der Waals surface area contributed by atoms with E-state index in [2.05, 4.69) is 0 Å². The van der Waals surface area contributed by atoms with Crippen molar-refractivity contribution in [1.82, 2.24) is 0 Å². The molecular weight excluding hydrogens is 280 g/mol. The zero-order valence-corrected chi connectivity index (χ0v) is 11.4. The van der Waals surface area contributed by atoms with Crippen molar-refractivity contribution in [1.29, 1.82) is 0 Å². The molecule has 2 aromatic rings. The smallest absolute Gasteiger partial charge is 0.199 e. The van der Waals surface area contributed by atoms with Crippen LogP contribution >= 0.6 is 0 Å². The van der Waals surface area contributed by atoms with Crippen molar-refractivity contribution in [3.05, 3.63) is 53.1 Å². The van der Waals surface area contributed by atoms with E-state index < -0.39 is 17.4 Å². The Bertz CT molecular complexity index is 702. The maximum absolute atomic E-state index is 13.8. The Labute approximate surface area is 120 Å². The zero-order chi connectivity index (χ0) is 15.6. The highest BCUT2D eigenvalue weighted by atomic mass is 19.1. The third-order valence-corrected chi connectivity index (χ3v) is 2.98. The van der Waals surface area contributed by atoms with Crippen LogP contribution in [0.4, 0.5) is 14.5 Å². The Morgan fingerprint density at radius 3 is 2.33 bits per heavy atom. The summed E-state index contributed by atoms with van der Waals surface area (Å²) in [5, 5.41) is 0. The number of halogens is 2. The number of benzene rings is 2. The van der Waals surface area contributed by atoms with Crippen molar-refractivity contribution in [2.45, 2.75) is 0 Å². The SMILES string of the molecule is COc1ccc(OC)c(C(=O)c2cc(N)c(F)cc2F)c1. The summed E-state index contributed by atoms with van der Waals surface area (Å²) in [4.78, 5) is 12.4. The van der Waals surface area contributed by atoms with Gasteiger partial charge in [0.05, 0.1) is 31.0 Å². The number of anilines is 1. The van der Waals surface area contributed by atoms with Crippen LogP contribution in [0.25, 0.3) is 0 Å². The first kappa shape index (κ1) is 14.8. The minimum Gasteiger partial charge on any atom is -0.497 e. The van der Waals surface area contributed by atoms with E-state index in [0.29, 0.717) is 11.8 Å². The number of carbonyl (C=O) groups is 1. The summed E-state index contributed by atoms with van der Waals surface area (Å²) in [7, 11) is 2.82. The number of nitrogens with two attached hydrogens (primary N) is 1. The van der Waals surface area contributed by atoms with E-state index in [1.807, 2.05) is 0 Å². The minimum atomic E-state index is -0.989. The Hall–Kier alpha value is -2.63. The Morgan fingerprint density at radius 2 is 1.71 bits per heavy atom. The summed E-state index contributed by atoms with van der Waals surface area (Å²) in [6.45, 7) is 0. The van der Waals surface area contributed by atoms with Crippen LogP contribution in [-0.2, 0) is 0 Å². The fourth-order valence-electron chi connectivity index (χ4n) is 1.88. The van der Waals surface area contributed by atoms with Gasteiger partial charge in [0.2, 0.25) is 0 Å². The van der Waals surface area contributed by atoms with E-state index in [1.54, 1.807) is 6.07 Å². The number of ketones is 1. The summed E-state index contributed by atoms with van der Waals surface area (Å²) in [5.41, 5.74) is 4.84. The lowest BCUT2D eigenvalue weighted by Gasteiger charge is -2.11. The number of ether oxygens (including phenoxy) is 2. The molecule has 0 unspecified atom stereocenters. The Morgan fingerprint density at radius 1 is 1.00 bits per heavy atom. The van der Waals surface area contributed by atoms with Gasteiger partial charge in [0, 0.05) is 6.07 Å². The average molecular weight is 293 g/mol. The van der Waals surface area contributed by atoms with Gasteiger partial charge in [0.1, 0.15) is 23.1 Å². The van der Waals surface area contributed by atoms with Crippen LogP contribution in [0.1, 0.15) is 15.9 Å². The number of methoxy groups -OCH3 is 2. The van der Waals surface area contributed by atoms with Gasteiger partial charge < -0.3 is 15.2 Å². The lowest BCUT2D eigenvalue weighted by Crippen LogP contribution is -2.08. The molecule has 2 rings (SSSR count). The highest BCUT2D eigenvalue weighted by Crippen LogP contribution is 2.28. The molecule has 0 amide bonds. The van der Waals surface area contributed by atoms with Gasteiger partial charge in [-0.1, -0.05) is 0 Å². The van der Waals surface area contributed by atoms with E-state index in [1.165, 1.54) is 26.4 Å². The molecule has 0 aromatic heterocycles. The zero-order valence-electron chi connectivity index (χ0n) is 11.4. The summed E-state index contributed by atoms with van der Waals surface area (Å²) in [6.07, 6.45) is 0. The second-order valence-corrected chi connectivity index (χ2v) is 4.25. The van der Waals surface area contributed by atoms with Gasteiger partial charge in [0.15, 0.2) is 5.78 Å². The molecule has 6 heteroatoms. The molecule has 0 radical (unpaired) electrons. The lowest BCUT2D eigenvalue weighted by atomic mass is 10.0. The van der Waals surface area contributed by atoms with Gasteiger partial charge in [-0.2, -0.15) is 0 Å². The molecular formula is C15H13F2NO3. The first-order valence-corrected chi connectivity index (χ1v) is 5.99. The molecule has 0 fully saturated rings. The molecule has 0 spiro atoms. The van der Waals surface area contributed by atoms with E-state index >= 15 is 0 Å². The van der Waals surface area contributed by atoms with Crippen LogP contribution in [0.15, 0.2) is 30.3 Å². The van der Waals surface area contributed by atoms with Gasteiger partial charge in [-0.3, -0.25) is 4.79 Å². The number of rotatable bonds is 4. The second kappa shape index (κ2) is 5.78. The van der Waals surface area contributed by atoms with Crippen molar-refractivity contribution < 1.29 is 23.0 Å². The predicted molar refractivity (Wildman–Crippen MR) is 73.7 cm³/mol. The Kier molecular flexibility index (Phi) is 4.07. The number of hydrogen-bond acceptors (Lipinski definition) is 4. The van der Waals surface area contributed by atoms with Gasteiger partial charge in [-0.15, -0.1) is 0 Å². The largest absolute Gasteiger partial charge is 0.497 e. The number of nitrogen functional groups attached to an aromatic ring is 1. The van der Waals surface area contributed by atoms with Crippen molar-refractivity contribution >= 4 is 11.5 Å². The maximum atomic E-state index is 13.8. The summed E-state index contributed by atoms with van der Waals surface area (Å²) in [6, 6.07) is 6.09. The molecule has 0 aliphatic carbocycles. The van der Waals surface area contributed by atoms with Crippen molar-refractivity contribution in [2.75, 3.05) is 20.0 Å². The van der Waals surface area contributed by atoms with Crippen LogP contribution in [0.2, 0.25) is 0 Å². The van der Waals surface area contributed by atoms with E-state index in [0.717, 1.165) is 6.07 Å². The molecule has 21 heavy (non-hydrogen) atoms. The highest BCUT2D eigenvalue weighted by Gasteiger charge is 2.20. The molecule has 2 aromatic carbocycles. The molecule has 0 atom stereocenters. The third-order valence-electron chi connectivity index (χ3n) is 2.98. The predicted octanol–water partition coefficient (Wildman–Crippen LogP) is 2.80.